The summed E-state index contributed by atoms with van der Waals surface area (Å²) in [5, 5.41) is 0. The Morgan fingerprint density at radius 3 is 1.62 bits per heavy atom. The number of carbonyl (C=O) groups is 2. The van der Waals surface area contributed by atoms with Crippen molar-refractivity contribution in [3.05, 3.63) is 0 Å². The van der Waals surface area contributed by atoms with Gasteiger partial charge in [0.25, 0.3) is 0 Å². The van der Waals surface area contributed by atoms with E-state index < -0.39 is 12.1 Å². The van der Waals surface area contributed by atoms with Crippen molar-refractivity contribution < 1.29 is 19.1 Å². The Balaban J connectivity index is 2.72. The van der Waals surface area contributed by atoms with E-state index in [0.717, 1.165) is 13.1 Å². The first-order chi connectivity index (χ1) is 9.81. The number of hydrogen-bond donors (Lipinski definition) is 0. The second-order valence-electron chi connectivity index (χ2n) is 5.82. The summed E-state index contributed by atoms with van der Waals surface area (Å²) in [5.74, 6) is -0.689. The van der Waals surface area contributed by atoms with E-state index in [-0.39, 0.29) is 24.1 Å². The van der Waals surface area contributed by atoms with E-state index in [2.05, 4.69) is 18.7 Å². The van der Waals surface area contributed by atoms with E-state index in [1.165, 1.54) is 0 Å². The van der Waals surface area contributed by atoms with Gasteiger partial charge >= 0.3 is 11.9 Å². The van der Waals surface area contributed by atoms with Crippen molar-refractivity contribution >= 4 is 11.9 Å². The van der Waals surface area contributed by atoms with E-state index in [0.29, 0.717) is 6.67 Å². The Kier molecular flexibility index (Phi) is 6.61. The molecule has 0 aliphatic carbocycles. The molecule has 0 amide bonds. The highest BCUT2D eigenvalue weighted by Gasteiger charge is 2.59. The number of rotatable bonds is 8. The van der Waals surface area contributed by atoms with Gasteiger partial charge in [0.1, 0.15) is 12.1 Å². The molecular weight excluding hydrogens is 272 g/mol. The SMILES string of the molecule is CCN(CC)CN1[C@H](C(=O)OC(C)C)[C@H]1C(=O)OC(C)C. The van der Waals surface area contributed by atoms with Crippen LogP contribution in [-0.4, -0.2) is 65.8 Å². The molecule has 0 saturated carbocycles. The van der Waals surface area contributed by atoms with Gasteiger partial charge in [0.15, 0.2) is 0 Å². The normalized spacial score (nSPS) is 24.5. The van der Waals surface area contributed by atoms with Gasteiger partial charge in [-0.2, -0.15) is 0 Å². The maximum absolute atomic E-state index is 12.1. The molecule has 1 heterocycles. The maximum Gasteiger partial charge on any atom is 0.325 e. The van der Waals surface area contributed by atoms with Crippen LogP contribution in [0.4, 0.5) is 0 Å². The van der Waals surface area contributed by atoms with Crippen LogP contribution >= 0.6 is 0 Å². The number of hydrogen-bond acceptors (Lipinski definition) is 6. The van der Waals surface area contributed by atoms with Crippen molar-refractivity contribution in [1.82, 2.24) is 9.80 Å². The molecule has 0 radical (unpaired) electrons. The average Bonchev–Trinajstić information content (AvgIpc) is 3.08. The topological polar surface area (TPSA) is 58.8 Å². The smallest absolute Gasteiger partial charge is 0.325 e. The summed E-state index contributed by atoms with van der Waals surface area (Å²) in [7, 11) is 0. The van der Waals surface area contributed by atoms with E-state index in [9.17, 15) is 9.59 Å². The highest BCUT2D eigenvalue weighted by atomic mass is 16.6. The van der Waals surface area contributed by atoms with Crippen molar-refractivity contribution in [2.24, 2.45) is 0 Å². The Morgan fingerprint density at radius 1 is 0.952 bits per heavy atom. The van der Waals surface area contributed by atoms with E-state index in [4.69, 9.17) is 9.47 Å². The lowest BCUT2D eigenvalue weighted by atomic mass is 10.3. The van der Waals surface area contributed by atoms with E-state index >= 15 is 0 Å². The molecule has 0 bridgehead atoms. The van der Waals surface area contributed by atoms with E-state index in [1.807, 2.05) is 4.90 Å². The van der Waals surface area contributed by atoms with Gasteiger partial charge in [-0.1, -0.05) is 13.8 Å². The third-order valence-electron chi connectivity index (χ3n) is 3.37. The molecule has 0 N–H and O–H groups in total. The van der Waals surface area contributed by atoms with Crippen molar-refractivity contribution in [3.63, 3.8) is 0 Å². The van der Waals surface area contributed by atoms with Crippen LogP contribution < -0.4 is 0 Å². The van der Waals surface area contributed by atoms with Crippen molar-refractivity contribution in [1.29, 1.82) is 0 Å². The predicted octanol–water partition coefficient (Wildman–Crippen LogP) is 1.24. The summed E-state index contributed by atoms with van der Waals surface area (Å²) in [6, 6.07) is -1.03. The minimum atomic E-state index is -0.515. The van der Waals surface area contributed by atoms with Crippen LogP contribution in [0.1, 0.15) is 41.5 Å². The fourth-order valence-electron chi connectivity index (χ4n) is 2.24. The molecule has 122 valence electrons. The Bertz CT molecular complexity index is 339. The fourth-order valence-corrected chi connectivity index (χ4v) is 2.24. The Morgan fingerprint density at radius 2 is 1.33 bits per heavy atom. The number of carbonyl (C=O) groups excluding carboxylic acids is 2. The van der Waals surface area contributed by atoms with E-state index in [1.54, 1.807) is 27.7 Å². The van der Waals surface area contributed by atoms with Crippen molar-refractivity contribution in [2.45, 2.75) is 65.8 Å². The maximum atomic E-state index is 12.1. The molecule has 0 unspecified atom stereocenters. The summed E-state index contributed by atoms with van der Waals surface area (Å²) in [6.07, 6.45) is -0.370. The molecule has 1 fully saturated rings. The lowest BCUT2D eigenvalue weighted by molar-refractivity contribution is -0.151. The minimum absolute atomic E-state index is 0.185. The molecule has 6 nitrogen and oxygen atoms in total. The zero-order chi connectivity index (χ0) is 16.2. The molecule has 0 aromatic rings. The monoisotopic (exact) mass is 300 g/mol. The van der Waals surface area contributed by atoms with Gasteiger partial charge < -0.3 is 9.47 Å². The molecule has 21 heavy (non-hydrogen) atoms. The first kappa shape index (κ1) is 17.9. The van der Waals surface area contributed by atoms with Crippen molar-refractivity contribution in [2.75, 3.05) is 19.8 Å². The van der Waals surface area contributed by atoms with Crippen LogP contribution in [0.2, 0.25) is 0 Å². The van der Waals surface area contributed by atoms with Gasteiger partial charge in [-0.15, -0.1) is 0 Å². The Hall–Kier alpha value is -1.14. The highest BCUT2D eigenvalue weighted by Crippen LogP contribution is 2.31. The van der Waals surface area contributed by atoms with Crippen LogP contribution in [-0.2, 0) is 19.1 Å². The first-order valence-corrected chi connectivity index (χ1v) is 7.70. The molecule has 2 atom stereocenters. The zero-order valence-corrected chi connectivity index (χ0v) is 14.0. The summed E-state index contributed by atoms with van der Waals surface area (Å²) >= 11 is 0. The molecular formula is C15H28N2O4. The summed E-state index contributed by atoms with van der Waals surface area (Å²) < 4.78 is 10.5. The summed E-state index contributed by atoms with van der Waals surface area (Å²) in [5.41, 5.74) is 0. The largest absolute Gasteiger partial charge is 0.462 e. The lowest BCUT2D eigenvalue weighted by Gasteiger charge is -2.19. The van der Waals surface area contributed by atoms with Gasteiger partial charge in [-0.25, -0.2) is 0 Å². The lowest BCUT2D eigenvalue weighted by Crippen LogP contribution is -2.32. The third-order valence-corrected chi connectivity index (χ3v) is 3.37. The number of esters is 2. The van der Waals surface area contributed by atoms with Gasteiger partial charge in [0.05, 0.1) is 18.9 Å². The molecule has 0 spiro atoms. The zero-order valence-electron chi connectivity index (χ0n) is 14.0. The van der Waals surface area contributed by atoms with Crippen LogP contribution in [0.5, 0.6) is 0 Å². The minimum Gasteiger partial charge on any atom is -0.462 e. The third kappa shape index (κ3) is 4.97. The second kappa shape index (κ2) is 7.75. The molecule has 1 rings (SSSR count). The second-order valence-corrected chi connectivity index (χ2v) is 5.82. The van der Waals surface area contributed by atoms with Crippen LogP contribution in [0, 0.1) is 0 Å². The number of nitrogens with zero attached hydrogens (tertiary/aromatic N) is 2. The van der Waals surface area contributed by atoms with Crippen LogP contribution in [0.15, 0.2) is 0 Å². The molecule has 1 saturated heterocycles. The fraction of sp³-hybridized carbons (Fsp3) is 0.867. The molecule has 6 heteroatoms. The quantitative estimate of drug-likeness (QED) is 0.496. The van der Waals surface area contributed by atoms with Gasteiger partial charge in [0, 0.05) is 0 Å². The van der Waals surface area contributed by atoms with Gasteiger partial charge in [0.2, 0.25) is 0 Å². The summed E-state index contributed by atoms with van der Waals surface area (Å²) in [6.45, 7) is 13.6. The number of ether oxygens (including phenoxy) is 2. The van der Waals surface area contributed by atoms with Crippen LogP contribution in [0.25, 0.3) is 0 Å². The van der Waals surface area contributed by atoms with Gasteiger partial charge in [-0.05, 0) is 40.8 Å². The summed E-state index contributed by atoms with van der Waals surface area (Å²) in [4.78, 5) is 28.2. The highest BCUT2D eigenvalue weighted by molar-refractivity contribution is 5.93. The standard InChI is InChI=1S/C15H28N2O4/c1-7-16(8-2)9-17-12(14(18)20-10(3)4)13(17)15(19)21-11(5)6/h10-13H,7-9H2,1-6H3/t12-,13-/m0/s1. The predicted molar refractivity (Wildman–Crippen MR) is 79.7 cm³/mol. The molecule has 0 aromatic heterocycles. The van der Waals surface area contributed by atoms with Crippen LogP contribution in [0.3, 0.4) is 0 Å². The molecule has 1 aliphatic rings. The van der Waals surface area contributed by atoms with Crippen molar-refractivity contribution in [3.8, 4) is 0 Å². The van der Waals surface area contributed by atoms with Gasteiger partial charge in [-0.3, -0.25) is 19.4 Å². The molecule has 0 aromatic carbocycles. The molecule has 1 aliphatic heterocycles. The first-order valence-electron chi connectivity index (χ1n) is 7.70. The average molecular weight is 300 g/mol. The Labute approximate surface area is 127 Å².